The van der Waals surface area contributed by atoms with E-state index in [1.165, 1.54) is 11.3 Å². The Morgan fingerprint density at radius 3 is 2.47 bits per heavy atom. The van der Waals surface area contributed by atoms with Crippen molar-refractivity contribution >= 4 is 33.2 Å². The average Bonchev–Trinajstić information content (AvgIpc) is 3.44. The van der Waals surface area contributed by atoms with Crippen LogP contribution in [-0.2, 0) is 0 Å². The first kappa shape index (κ1) is 18.5. The quantitative estimate of drug-likeness (QED) is 0.456. The molecule has 1 aromatic heterocycles. The van der Waals surface area contributed by atoms with E-state index in [-0.39, 0.29) is 11.9 Å². The van der Waals surface area contributed by atoms with Crippen LogP contribution in [0.5, 0.6) is 5.75 Å². The third kappa shape index (κ3) is 3.35. The first-order valence-electron chi connectivity index (χ1n) is 9.69. The van der Waals surface area contributed by atoms with Crippen LogP contribution in [0.1, 0.15) is 33.4 Å². The molecule has 6 heteroatoms. The van der Waals surface area contributed by atoms with Crippen LogP contribution in [-0.4, -0.2) is 28.7 Å². The van der Waals surface area contributed by atoms with Crippen LogP contribution in [0.25, 0.3) is 10.2 Å². The number of aromatic nitrogens is 1. The lowest BCUT2D eigenvalue weighted by Gasteiger charge is -2.21. The van der Waals surface area contributed by atoms with E-state index >= 15 is 0 Å². The van der Waals surface area contributed by atoms with Crippen molar-refractivity contribution < 1.29 is 9.53 Å². The number of nitrogens with zero attached hydrogens (tertiary/aromatic N) is 3. The number of hydrogen-bond acceptors (Lipinski definition) is 5. The maximum Gasteiger partial charge on any atom is 0.303 e. The van der Waals surface area contributed by atoms with E-state index < -0.39 is 0 Å². The lowest BCUT2D eigenvalue weighted by molar-refractivity contribution is 0.0711. The van der Waals surface area contributed by atoms with Gasteiger partial charge in [0.15, 0.2) is 5.01 Å². The minimum atomic E-state index is -0.189. The summed E-state index contributed by atoms with van der Waals surface area (Å²) in [4.78, 5) is 18.0. The minimum absolute atomic E-state index is 0.178. The van der Waals surface area contributed by atoms with Gasteiger partial charge in [0.1, 0.15) is 5.75 Å². The second-order valence-electron chi connectivity index (χ2n) is 7.04. The highest BCUT2D eigenvalue weighted by Gasteiger charge is 2.35. The number of fused-ring (bicyclic) bond motifs is 1. The number of methoxy groups -OCH3 is 1. The molecule has 1 aliphatic heterocycles. The third-order valence-corrected chi connectivity index (χ3v) is 6.23. The van der Waals surface area contributed by atoms with Crippen LogP contribution in [0.2, 0.25) is 0 Å². The molecule has 2 heterocycles. The smallest absolute Gasteiger partial charge is 0.303 e. The van der Waals surface area contributed by atoms with Crippen LogP contribution in [0.15, 0.2) is 84.0 Å². The van der Waals surface area contributed by atoms with E-state index in [1.807, 2.05) is 78.9 Å². The highest BCUT2D eigenvalue weighted by atomic mass is 32.1. The number of para-hydroxylation sites is 1. The normalized spacial score (nSPS) is 16.0. The molecule has 4 aromatic rings. The maximum absolute atomic E-state index is 13.4. The summed E-state index contributed by atoms with van der Waals surface area (Å²) < 4.78 is 6.28. The number of carbonyl (C=O) groups is 1. The van der Waals surface area contributed by atoms with Gasteiger partial charge >= 0.3 is 5.91 Å². The number of benzene rings is 3. The summed E-state index contributed by atoms with van der Waals surface area (Å²) in [6, 6.07) is 25.4. The van der Waals surface area contributed by atoms with Gasteiger partial charge in [0.05, 0.1) is 29.1 Å². The van der Waals surface area contributed by atoms with Crippen molar-refractivity contribution in [1.29, 1.82) is 0 Å². The molecule has 1 amide bonds. The Kier molecular flexibility index (Phi) is 4.77. The molecule has 0 saturated carbocycles. The SMILES string of the molecule is COc1ccc(C2CC(c3ccccc3)=NN2C(=O)c2nc3ccccc3s2)cc1. The van der Waals surface area contributed by atoms with Crippen molar-refractivity contribution in [2.75, 3.05) is 7.11 Å². The predicted octanol–water partition coefficient (Wildman–Crippen LogP) is 5.30. The number of thiazole rings is 1. The van der Waals surface area contributed by atoms with E-state index in [0.29, 0.717) is 11.4 Å². The van der Waals surface area contributed by atoms with Gasteiger partial charge in [-0.25, -0.2) is 9.99 Å². The number of carbonyl (C=O) groups excluding carboxylic acids is 1. The Balaban J connectivity index is 1.54. The Hall–Kier alpha value is -3.51. The molecule has 0 radical (unpaired) electrons. The van der Waals surface area contributed by atoms with Crippen molar-refractivity contribution in [3.05, 3.63) is 95.0 Å². The van der Waals surface area contributed by atoms with Crippen LogP contribution in [0, 0.1) is 0 Å². The molecule has 1 aliphatic rings. The summed E-state index contributed by atoms with van der Waals surface area (Å²) >= 11 is 1.40. The monoisotopic (exact) mass is 413 g/mol. The first-order valence-corrected chi connectivity index (χ1v) is 10.5. The van der Waals surface area contributed by atoms with E-state index in [2.05, 4.69) is 4.98 Å². The summed E-state index contributed by atoms with van der Waals surface area (Å²) in [6.45, 7) is 0. The van der Waals surface area contributed by atoms with Gasteiger partial charge in [0, 0.05) is 6.42 Å². The molecule has 1 atom stereocenters. The summed E-state index contributed by atoms with van der Waals surface area (Å²) in [5.41, 5.74) is 3.76. The second kappa shape index (κ2) is 7.72. The number of ether oxygens (including phenoxy) is 1. The number of hydrazone groups is 1. The van der Waals surface area contributed by atoms with Gasteiger partial charge in [0.2, 0.25) is 0 Å². The Morgan fingerprint density at radius 2 is 1.73 bits per heavy atom. The van der Waals surface area contributed by atoms with Gasteiger partial charge in [-0.2, -0.15) is 5.10 Å². The maximum atomic E-state index is 13.4. The Bertz CT molecular complexity index is 1200. The molecule has 0 bridgehead atoms. The second-order valence-corrected chi connectivity index (χ2v) is 8.07. The van der Waals surface area contributed by atoms with Crippen molar-refractivity contribution in [3.63, 3.8) is 0 Å². The fraction of sp³-hybridized carbons (Fsp3) is 0.125. The van der Waals surface area contributed by atoms with Crippen LogP contribution >= 0.6 is 11.3 Å². The lowest BCUT2D eigenvalue weighted by atomic mass is 9.98. The number of rotatable bonds is 4. The molecule has 148 valence electrons. The summed E-state index contributed by atoms with van der Waals surface area (Å²) in [5, 5.41) is 6.78. The molecule has 1 unspecified atom stereocenters. The number of hydrogen-bond donors (Lipinski definition) is 0. The van der Waals surface area contributed by atoms with Crippen molar-refractivity contribution in [3.8, 4) is 5.75 Å². The van der Waals surface area contributed by atoms with E-state index in [0.717, 1.165) is 32.8 Å². The molecule has 30 heavy (non-hydrogen) atoms. The minimum Gasteiger partial charge on any atom is -0.497 e. The molecular formula is C24H19N3O2S. The fourth-order valence-electron chi connectivity index (χ4n) is 3.65. The zero-order chi connectivity index (χ0) is 20.5. The average molecular weight is 414 g/mol. The van der Waals surface area contributed by atoms with Gasteiger partial charge in [0.25, 0.3) is 0 Å². The predicted molar refractivity (Wildman–Crippen MR) is 119 cm³/mol. The standard InChI is InChI=1S/C24H19N3O2S/c1-29-18-13-11-17(12-14-18)21-15-20(16-7-3-2-4-8-16)26-27(21)24(28)23-25-19-9-5-6-10-22(19)30-23/h2-14,21H,15H2,1H3. The zero-order valence-corrected chi connectivity index (χ0v) is 17.2. The van der Waals surface area contributed by atoms with Gasteiger partial charge in [-0.05, 0) is 35.4 Å². The molecule has 0 fully saturated rings. The number of amides is 1. The van der Waals surface area contributed by atoms with Crippen LogP contribution in [0.4, 0.5) is 0 Å². The molecule has 0 saturated heterocycles. The molecule has 5 nitrogen and oxygen atoms in total. The topological polar surface area (TPSA) is 54.8 Å². The van der Waals surface area contributed by atoms with E-state index in [1.54, 1.807) is 12.1 Å². The molecular weight excluding hydrogens is 394 g/mol. The molecule has 3 aromatic carbocycles. The lowest BCUT2D eigenvalue weighted by Crippen LogP contribution is -2.27. The highest BCUT2D eigenvalue weighted by Crippen LogP contribution is 2.35. The first-order chi connectivity index (χ1) is 14.7. The summed E-state index contributed by atoms with van der Waals surface area (Å²) in [6.07, 6.45) is 0.646. The summed E-state index contributed by atoms with van der Waals surface area (Å²) in [7, 11) is 1.64. The van der Waals surface area contributed by atoms with E-state index in [4.69, 9.17) is 9.84 Å². The molecule has 0 spiro atoms. The van der Waals surface area contributed by atoms with Gasteiger partial charge < -0.3 is 4.74 Å². The molecule has 0 N–H and O–H groups in total. The van der Waals surface area contributed by atoms with Gasteiger partial charge in [-0.1, -0.05) is 54.6 Å². The van der Waals surface area contributed by atoms with Gasteiger partial charge in [-0.3, -0.25) is 4.79 Å². The van der Waals surface area contributed by atoms with Crippen molar-refractivity contribution in [2.24, 2.45) is 5.10 Å². The van der Waals surface area contributed by atoms with Crippen LogP contribution < -0.4 is 4.74 Å². The molecule has 5 rings (SSSR count). The van der Waals surface area contributed by atoms with Crippen LogP contribution in [0.3, 0.4) is 0 Å². The molecule has 0 aliphatic carbocycles. The summed E-state index contributed by atoms with van der Waals surface area (Å²) in [5.74, 6) is 0.605. The third-order valence-electron chi connectivity index (χ3n) is 5.20. The van der Waals surface area contributed by atoms with Crippen molar-refractivity contribution in [2.45, 2.75) is 12.5 Å². The van der Waals surface area contributed by atoms with Gasteiger partial charge in [-0.15, -0.1) is 11.3 Å². The van der Waals surface area contributed by atoms with Crippen molar-refractivity contribution in [1.82, 2.24) is 9.99 Å². The Morgan fingerprint density at radius 1 is 1.00 bits per heavy atom. The van der Waals surface area contributed by atoms with E-state index in [9.17, 15) is 4.79 Å². The highest BCUT2D eigenvalue weighted by molar-refractivity contribution is 7.20. The zero-order valence-electron chi connectivity index (χ0n) is 16.4. The Labute approximate surface area is 178 Å². The fourth-order valence-corrected chi connectivity index (χ4v) is 4.55. The largest absolute Gasteiger partial charge is 0.497 e.